The first kappa shape index (κ1) is 15.6. The summed E-state index contributed by atoms with van der Waals surface area (Å²) in [7, 11) is 0. The Balaban J connectivity index is 1.96. The molecule has 0 saturated heterocycles. The molecule has 0 saturated carbocycles. The quantitative estimate of drug-likeness (QED) is 0.776. The van der Waals surface area contributed by atoms with Crippen molar-refractivity contribution in [3.05, 3.63) is 80.2 Å². The molecule has 3 aromatic rings. The maximum Gasteiger partial charge on any atom is 0.288 e. The fourth-order valence-electron chi connectivity index (χ4n) is 3.60. The zero-order chi connectivity index (χ0) is 17.7. The van der Waals surface area contributed by atoms with Gasteiger partial charge in [0.1, 0.15) is 5.58 Å². The number of fused-ring (bicyclic) bond motifs is 2. The molecule has 2 heterocycles. The number of hydrogen-bond acceptors (Lipinski definition) is 3. The third-order valence-electron chi connectivity index (χ3n) is 4.86. The summed E-state index contributed by atoms with van der Waals surface area (Å²) in [6.07, 6.45) is 0.944. The second-order valence-corrected chi connectivity index (χ2v) is 6.63. The monoisotopic (exact) mass is 333 g/mol. The van der Waals surface area contributed by atoms with Gasteiger partial charge in [0.2, 0.25) is 5.76 Å². The molecule has 0 bridgehead atoms. The minimum absolute atomic E-state index is 0.128. The molecular formula is C21H19NO3. The summed E-state index contributed by atoms with van der Waals surface area (Å²) in [5, 5.41) is 3.44. The maximum absolute atomic E-state index is 13.2. The highest BCUT2D eigenvalue weighted by atomic mass is 16.3. The van der Waals surface area contributed by atoms with Crippen molar-refractivity contribution in [3.63, 3.8) is 0 Å². The van der Waals surface area contributed by atoms with Crippen LogP contribution in [0.4, 0.5) is 0 Å². The van der Waals surface area contributed by atoms with Gasteiger partial charge in [-0.2, -0.15) is 0 Å². The van der Waals surface area contributed by atoms with Gasteiger partial charge >= 0.3 is 0 Å². The summed E-state index contributed by atoms with van der Waals surface area (Å²) in [6.45, 7) is 5.93. The highest BCUT2D eigenvalue weighted by Gasteiger charge is 2.36. The van der Waals surface area contributed by atoms with Gasteiger partial charge in [0.15, 0.2) is 5.43 Å². The van der Waals surface area contributed by atoms with E-state index in [1.165, 1.54) is 5.56 Å². The lowest BCUT2D eigenvalue weighted by molar-refractivity contribution is 0.0938. The number of nitrogens with one attached hydrogen (secondary N) is 1. The maximum atomic E-state index is 13.2. The van der Waals surface area contributed by atoms with Crippen molar-refractivity contribution in [3.8, 4) is 0 Å². The minimum atomic E-state index is -0.463. The second-order valence-electron chi connectivity index (χ2n) is 6.63. The first-order chi connectivity index (χ1) is 12.0. The highest BCUT2D eigenvalue weighted by Crippen LogP contribution is 2.32. The number of carbonyl (C=O) groups excluding carboxylic acids is 1. The van der Waals surface area contributed by atoms with Crippen LogP contribution in [0, 0.1) is 13.8 Å². The predicted octanol–water partition coefficient (Wildman–Crippen LogP) is 3.81. The molecule has 0 fully saturated rings. The topological polar surface area (TPSA) is 59.3 Å². The van der Waals surface area contributed by atoms with E-state index in [9.17, 15) is 9.59 Å². The Morgan fingerprint density at radius 1 is 1.08 bits per heavy atom. The van der Waals surface area contributed by atoms with Crippen LogP contribution in [-0.4, -0.2) is 5.91 Å². The van der Waals surface area contributed by atoms with Gasteiger partial charge in [-0.3, -0.25) is 9.59 Å². The van der Waals surface area contributed by atoms with Crippen molar-refractivity contribution < 1.29 is 9.21 Å². The Kier molecular flexibility index (Phi) is 3.49. The summed E-state index contributed by atoms with van der Waals surface area (Å²) in [5.74, 6) is -0.204. The molecule has 4 nitrogen and oxygen atoms in total. The van der Waals surface area contributed by atoms with Crippen molar-refractivity contribution in [1.29, 1.82) is 0 Å². The SMILES string of the molecule is CCc1ccc(C2NC(=O)c3oc4cc(C)cc(C)c4c(=O)c32)cc1. The standard InChI is InChI=1S/C21H19NO3/c1-4-13-5-7-14(8-6-13)18-17-19(23)16-12(3)9-11(2)10-15(16)25-20(17)21(24)22-18/h5-10,18H,4H2,1-3H3,(H,22,24). The van der Waals surface area contributed by atoms with Crippen molar-refractivity contribution in [2.75, 3.05) is 0 Å². The number of hydrogen-bond donors (Lipinski definition) is 1. The summed E-state index contributed by atoms with van der Waals surface area (Å²) in [6, 6.07) is 11.3. The van der Waals surface area contributed by atoms with E-state index in [1.807, 2.05) is 44.2 Å². The molecule has 1 aromatic heterocycles. The van der Waals surface area contributed by atoms with E-state index in [2.05, 4.69) is 12.2 Å². The van der Waals surface area contributed by atoms with Crippen LogP contribution in [0.1, 0.15) is 51.3 Å². The summed E-state index contributed by atoms with van der Waals surface area (Å²) in [4.78, 5) is 25.5. The van der Waals surface area contributed by atoms with Gasteiger partial charge < -0.3 is 9.73 Å². The van der Waals surface area contributed by atoms with Crippen LogP contribution < -0.4 is 10.7 Å². The van der Waals surface area contributed by atoms with Crippen LogP contribution in [0.5, 0.6) is 0 Å². The largest absolute Gasteiger partial charge is 0.450 e. The van der Waals surface area contributed by atoms with Crippen molar-refractivity contribution in [2.24, 2.45) is 0 Å². The molecule has 2 aromatic carbocycles. The zero-order valence-electron chi connectivity index (χ0n) is 14.5. The Bertz CT molecular complexity index is 1060. The van der Waals surface area contributed by atoms with Gasteiger partial charge in [0, 0.05) is 0 Å². The van der Waals surface area contributed by atoms with E-state index >= 15 is 0 Å². The Hall–Kier alpha value is -2.88. The summed E-state index contributed by atoms with van der Waals surface area (Å²) < 4.78 is 5.84. The van der Waals surface area contributed by atoms with Gasteiger partial charge in [-0.15, -0.1) is 0 Å². The fourth-order valence-corrected chi connectivity index (χ4v) is 3.60. The van der Waals surface area contributed by atoms with Crippen LogP contribution in [0.15, 0.2) is 45.6 Å². The minimum Gasteiger partial charge on any atom is -0.450 e. The number of aryl methyl sites for hydroxylation is 3. The highest BCUT2D eigenvalue weighted by molar-refractivity contribution is 5.99. The van der Waals surface area contributed by atoms with E-state index < -0.39 is 6.04 Å². The average Bonchev–Trinajstić information content (AvgIpc) is 2.91. The molecule has 1 aliphatic heterocycles. The van der Waals surface area contributed by atoms with Crippen LogP contribution in [-0.2, 0) is 6.42 Å². The Labute approximate surface area is 145 Å². The molecule has 4 heteroatoms. The van der Waals surface area contributed by atoms with Gasteiger partial charge in [-0.25, -0.2) is 0 Å². The number of carbonyl (C=O) groups is 1. The lowest BCUT2D eigenvalue weighted by atomic mass is 9.96. The van der Waals surface area contributed by atoms with Crippen LogP contribution >= 0.6 is 0 Å². The third kappa shape index (κ3) is 2.37. The van der Waals surface area contributed by atoms with Crippen LogP contribution in [0.2, 0.25) is 0 Å². The van der Waals surface area contributed by atoms with Crippen LogP contribution in [0.3, 0.4) is 0 Å². The lowest BCUT2D eigenvalue weighted by Gasteiger charge is -2.12. The van der Waals surface area contributed by atoms with E-state index in [4.69, 9.17) is 4.42 Å². The number of benzene rings is 2. The molecule has 4 rings (SSSR count). The average molecular weight is 333 g/mol. The molecular weight excluding hydrogens is 314 g/mol. The van der Waals surface area contributed by atoms with Gasteiger partial charge in [0.25, 0.3) is 5.91 Å². The third-order valence-corrected chi connectivity index (χ3v) is 4.86. The van der Waals surface area contributed by atoms with E-state index in [0.717, 1.165) is 23.1 Å². The molecule has 126 valence electrons. The van der Waals surface area contributed by atoms with Crippen LogP contribution in [0.25, 0.3) is 11.0 Å². The van der Waals surface area contributed by atoms with Gasteiger partial charge in [-0.1, -0.05) is 37.3 Å². The summed E-state index contributed by atoms with van der Waals surface area (Å²) >= 11 is 0. The van der Waals surface area contributed by atoms with Gasteiger partial charge in [0.05, 0.1) is 17.0 Å². The van der Waals surface area contributed by atoms with E-state index in [-0.39, 0.29) is 17.1 Å². The first-order valence-electron chi connectivity index (χ1n) is 8.47. The molecule has 1 atom stereocenters. The number of rotatable bonds is 2. The van der Waals surface area contributed by atoms with E-state index in [0.29, 0.717) is 16.5 Å². The number of amides is 1. The zero-order valence-corrected chi connectivity index (χ0v) is 14.5. The summed E-state index contributed by atoms with van der Waals surface area (Å²) in [5.41, 5.74) is 4.72. The Morgan fingerprint density at radius 3 is 2.48 bits per heavy atom. The molecule has 0 radical (unpaired) electrons. The predicted molar refractivity (Wildman–Crippen MR) is 97.1 cm³/mol. The van der Waals surface area contributed by atoms with Crippen molar-refractivity contribution in [1.82, 2.24) is 5.32 Å². The molecule has 0 aliphatic carbocycles. The molecule has 0 spiro atoms. The van der Waals surface area contributed by atoms with Crippen molar-refractivity contribution >= 4 is 16.9 Å². The smallest absolute Gasteiger partial charge is 0.288 e. The molecule has 1 unspecified atom stereocenters. The first-order valence-corrected chi connectivity index (χ1v) is 8.47. The van der Waals surface area contributed by atoms with E-state index in [1.54, 1.807) is 6.07 Å². The lowest BCUT2D eigenvalue weighted by Crippen LogP contribution is -2.22. The molecule has 1 N–H and O–H groups in total. The fraction of sp³-hybridized carbons (Fsp3) is 0.238. The molecule has 1 amide bonds. The van der Waals surface area contributed by atoms with Crippen molar-refractivity contribution in [2.45, 2.75) is 33.2 Å². The molecule has 1 aliphatic rings. The second kappa shape index (κ2) is 5.59. The molecule has 25 heavy (non-hydrogen) atoms. The normalized spacial score (nSPS) is 16.1. The van der Waals surface area contributed by atoms with Gasteiger partial charge in [-0.05, 0) is 48.6 Å². The Morgan fingerprint density at radius 2 is 1.80 bits per heavy atom.